The van der Waals surface area contributed by atoms with Crippen molar-refractivity contribution >= 4 is 46.2 Å². The Balaban J connectivity index is 1.55. The van der Waals surface area contributed by atoms with Crippen LogP contribution in [0.1, 0.15) is 32.4 Å². The van der Waals surface area contributed by atoms with Crippen molar-refractivity contribution in [1.29, 1.82) is 0 Å². The lowest BCUT2D eigenvalue weighted by atomic mass is 10.0. The quantitative estimate of drug-likeness (QED) is 0.0834. The summed E-state index contributed by atoms with van der Waals surface area (Å²) in [6.07, 6.45) is 3.67. The molecule has 5 heterocycles. The molecular formula is C44H28N4O4. The highest BCUT2D eigenvalue weighted by atomic mass is 16.6. The lowest BCUT2D eigenvalue weighted by Gasteiger charge is -2.14. The highest BCUT2D eigenvalue weighted by molar-refractivity contribution is 6.12. The first-order valence-corrected chi connectivity index (χ1v) is 16.8. The highest BCUT2D eigenvalue weighted by Gasteiger charge is 2.31. The van der Waals surface area contributed by atoms with Gasteiger partial charge in [0.15, 0.2) is 11.4 Å². The summed E-state index contributed by atoms with van der Waals surface area (Å²) in [4.78, 5) is 39.4. The van der Waals surface area contributed by atoms with Crippen LogP contribution in [-0.4, -0.2) is 26.9 Å². The van der Waals surface area contributed by atoms with Gasteiger partial charge in [-0.05, 0) is 46.5 Å². The lowest BCUT2D eigenvalue weighted by molar-refractivity contribution is -0.605. The summed E-state index contributed by atoms with van der Waals surface area (Å²) >= 11 is 0. The molecule has 3 aromatic heterocycles. The van der Waals surface area contributed by atoms with Gasteiger partial charge in [0.05, 0.1) is 22.2 Å². The van der Waals surface area contributed by atoms with Crippen LogP contribution in [0.2, 0.25) is 0 Å². The second-order valence-electron chi connectivity index (χ2n) is 12.4. The zero-order valence-corrected chi connectivity index (χ0v) is 27.5. The molecule has 7 aromatic rings. The second-order valence-corrected chi connectivity index (χ2v) is 12.4. The molecule has 8 nitrogen and oxygen atoms in total. The number of cyclic esters (lactones) is 2. The number of carbonyl (C=O) groups is 2. The standard InChI is InChI=1S/C44H28N4O4/c49-43-41-39(29-17-9-3-10-18-29)33-23-21-31(45-33)37(27-13-5-1-6-14-27)35-25-26-36(48(35)51)38(28-15-7-2-8-16-28)32-22-24-34(46-32)40(30-19-11-4-12-20-30)42(47-41)44(50)52-43/h1-26,45-46H. The number of aromatic amines is 2. The zero-order valence-electron chi connectivity index (χ0n) is 27.5. The van der Waals surface area contributed by atoms with E-state index >= 15 is 0 Å². The maximum atomic E-state index is 14.7. The lowest BCUT2D eigenvalue weighted by Crippen LogP contribution is -2.31. The van der Waals surface area contributed by atoms with Crippen molar-refractivity contribution < 1.29 is 19.1 Å². The fourth-order valence-corrected chi connectivity index (χ4v) is 7.01. The molecule has 0 atom stereocenters. The molecule has 2 N–H and O–H groups in total. The van der Waals surface area contributed by atoms with Gasteiger partial charge in [-0.25, -0.2) is 14.6 Å². The zero-order chi connectivity index (χ0) is 35.2. The van der Waals surface area contributed by atoms with E-state index in [-0.39, 0.29) is 11.4 Å². The molecule has 0 saturated carbocycles. The molecule has 0 aliphatic carbocycles. The minimum absolute atomic E-state index is 0.0335. The number of ether oxygens (including phenoxy) is 1. The van der Waals surface area contributed by atoms with E-state index in [9.17, 15) is 14.8 Å². The van der Waals surface area contributed by atoms with Crippen LogP contribution < -0.4 is 4.73 Å². The molecule has 52 heavy (non-hydrogen) atoms. The van der Waals surface area contributed by atoms with Gasteiger partial charge in [-0.2, -0.15) is 4.73 Å². The molecule has 0 unspecified atom stereocenters. The smallest absolute Gasteiger partial charge is 0.365 e. The maximum Gasteiger partial charge on any atom is 0.365 e. The van der Waals surface area contributed by atoms with Crippen LogP contribution in [0.4, 0.5) is 0 Å². The first kappa shape index (κ1) is 30.7. The SMILES string of the molecule is O=C1OC(=O)c2nc1c(-c1ccccc1)c1ccc([nH]1)c(-c1ccccc1)c1[n+]([O-])c(c(-c3ccccc3)c3ccc([nH]3)c2-c2ccccc2)C=C1. The summed E-state index contributed by atoms with van der Waals surface area (Å²) in [7, 11) is 0. The van der Waals surface area contributed by atoms with E-state index in [1.807, 2.05) is 158 Å². The molecule has 0 amide bonds. The normalized spacial score (nSPS) is 12.5. The third-order valence-corrected chi connectivity index (χ3v) is 9.32. The van der Waals surface area contributed by atoms with Gasteiger partial charge in [0.25, 0.3) is 0 Å². The summed E-state index contributed by atoms with van der Waals surface area (Å²) in [5, 5.41) is 14.7. The van der Waals surface area contributed by atoms with Crippen LogP contribution in [0.25, 0.3) is 78.7 Å². The second kappa shape index (κ2) is 12.5. The number of nitrogens with zero attached hydrogens (tertiary/aromatic N) is 2. The Hall–Kier alpha value is -7.32. The molecule has 248 valence electrons. The monoisotopic (exact) mass is 676 g/mol. The number of carbonyl (C=O) groups excluding carboxylic acids is 2. The Bertz CT molecular complexity index is 2550. The number of H-pyrrole nitrogens is 2. The number of rotatable bonds is 4. The van der Waals surface area contributed by atoms with Crippen molar-refractivity contribution in [3.05, 3.63) is 174 Å². The van der Waals surface area contributed by atoms with Gasteiger partial charge in [0.2, 0.25) is 11.4 Å². The fourth-order valence-electron chi connectivity index (χ4n) is 7.01. The van der Waals surface area contributed by atoms with Crippen LogP contribution in [0.3, 0.4) is 0 Å². The van der Waals surface area contributed by atoms with E-state index in [4.69, 9.17) is 9.72 Å². The number of hydrogen-bond acceptors (Lipinski definition) is 5. The van der Waals surface area contributed by atoms with Crippen LogP contribution in [0.5, 0.6) is 0 Å². The first-order chi connectivity index (χ1) is 25.5. The average molecular weight is 677 g/mol. The third-order valence-electron chi connectivity index (χ3n) is 9.32. The molecule has 2 aliphatic heterocycles. The van der Waals surface area contributed by atoms with E-state index in [0.717, 1.165) is 15.9 Å². The molecule has 9 rings (SSSR count). The van der Waals surface area contributed by atoms with Crippen molar-refractivity contribution in [2.24, 2.45) is 0 Å². The van der Waals surface area contributed by atoms with Gasteiger partial charge >= 0.3 is 11.9 Å². The highest BCUT2D eigenvalue weighted by Crippen LogP contribution is 2.37. The maximum absolute atomic E-state index is 14.7. The van der Waals surface area contributed by atoms with Crippen molar-refractivity contribution in [2.45, 2.75) is 0 Å². The summed E-state index contributed by atoms with van der Waals surface area (Å²) in [5.41, 5.74) is 8.44. The van der Waals surface area contributed by atoms with E-state index in [1.165, 1.54) is 0 Å². The van der Waals surface area contributed by atoms with E-state index in [2.05, 4.69) is 9.97 Å². The molecule has 8 heteroatoms. The van der Waals surface area contributed by atoms with Gasteiger partial charge in [-0.15, -0.1) is 0 Å². The topological polar surface area (TPSA) is 115 Å². The molecule has 2 aliphatic rings. The Morgan fingerprint density at radius 3 is 1.10 bits per heavy atom. The number of benzene rings is 4. The number of nitrogens with one attached hydrogen (secondary N) is 2. The largest absolute Gasteiger partial charge is 0.618 e. The summed E-state index contributed by atoms with van der Waals surface area (Å²) in [6, 6.07) is 45.6. The van der Waals surface area contributed by atoms with Crippen molar-refractivity contribution in [3.8, 4) is 44.5 Å². The van der Waals surface area contributed by atoms with E-state index < -0.39 is 11.9 Å². The van der Waals surface area contributed by atoms with Crippen LogP contribution in [0.15, 0.2) is 146 Å². The number of aromatic nitrogens is 4. The van der Waals surface area contributed by atoms with Gasteiger partial charge in [-0.1, -0.05) is 121 Å². The van der Waals surface area contributed by atoms with E-state index in [0.29, 0.717) is 66.8 Å². The van der Waals surface area contributed by atoms with Crippen molar-refractivity contribution in [3.63, 3.8) is 0 Å². The van der Waals surface area contributed by atoms with Gasteiger partial charge < -0.3 is 19.9 Å². The third kappa shape index (κ3) is 5.18. The van der Waals surface area contributed by atoms with E-state index in [1.54, 1.807) is 0 Å². The Morgan fingerprint density at radius 1 is 0.442 bits per heavy atom. The van der Waals surface area contributed by atoms with Gasteiger partial charge in [0, 0.05) is 34.3 Å². The predicted molar refractivity (Wildman–Crippen MR) is 203 cm³/mol. The number of hydrogen-bond donors (Lipinski definition) is 2. The molecule has 0 saturated heterocycles. The van der Waals surface area contributed by atoms with Crippen LogP contribution >= 0.6 is 0 Å². The predicted octanol–water partition coefficient (Wildman–Crippen LogP) is 9.39. The number of esters is 2. The summed E-state index contributed by atoms with van der Waals surface area (Å²) in [5.74, 6) is -1.73. The van der Waals surface area contributed by atoms with Crippen LogP contribution in [0, 0.1) is 5.21 Å². The molecule has 8 bridgehead atoms. The Morgan fingerprint density at radius 2 is 0.750 bits per heavy atom. The number of fused-ring (bicyclic) bond motifs is 8. The van der Waals surface area contributed by atoms with Gasteiger partial charge in [0.1, 0.15) is 0 Å². The molecule has 4 aromatic carbocycles. The fraction of sp³-hybridized carbons (Fsp3) is 0. The summed E-state index contributed by atoms with van der Waals surface area (Å²) < 4.78 is 6.47. The Kier molecular flexibility index (Phi) is 7.40. The minimum atomic E-state index is -0.866. The average Bonchev–Trinajstić information content (AvgIpc) is 3.94. The van der Waals surface area contributed by atoms with Gasteiger partial charge in [-0.3, -0.25) is 0 Å². The van der Waals surface area contributed by atoms with Crippen molar-refractivity contribution in [2.75, 3.05) is 0 Å². The molecule has 0 spiro atoms. The summed E-state index contributed by atoms with van der Waals surface area (Å²) in [6.45, 7) is 0. The molecular weight excluding hydrogens is 649 g/mol. The Labute approximate surface area is 297 Å². The first-order valence-electron chi connectivity index (χ1n) is 16.8. The van der Waals surface area contributed by atoms with Crippen LogP contribution in [-0.2, 0) is 4.74 Å². The van der Waals surface area contributed by atoms with Crippen molar-refractivity contribution in [1.82, 2.24) is 15.0 Å². The minimum Gasteiger partial charge on any atom is -0.618 e. The molecule has 0 radical (unpaired) electrons. The molecule has 0 fully saturated rings.